The first-order valence-corrected chi connectivity index (χ1v) is 11.8. The highest BCUT2D eigenvalue weighted by atomic mass is 16.7. The van der Waals surface area contributed by atoms with Crippen LogP contribution in [0.3, 0.4) is 0 Å². The molecule has 170 valence electrons. The number of benzene rings is 4. The molecule has 0 radical (unpaired) electrons. The van der Waals surface area contributed by atoms with Crippen molar-refractivity contribution in [2.75, 3.05) is 4.90 Å². The van der Waals surface area contributed by atoms with Gasteiger partial charge < -0.3 is 14.2 Å². The summed E-state index contributed by atoms with van der Waals surface area (Å²) in [6.45, 7) is 8.33. The van der Waals surface area contributed by atoms with Gasteiger partial charge in [0.25, 0.3) is 0 Å². The zero-order chi connectivity index (χ0) is 23.8. The predicted octanol–water partition coefficient (Wildman–Crippen LogP) is 7.12. The van der Waals surface area contributed by atoms with E-state index < -0.39 is 0 Å². The highest BCUT2D eigenvalue weighted by molar-refractivity contribution is 6.62. The molecule has 0 spiro atoms. The van der Waals surface area contributed by atoms with E-state index >= 15 is 0 Å². The van der Waals surface area contributed by atoms with Crippen molar-refractivity contribution >= 4 is 29.6 Å². The van der Waals surface area contributed by atoms with Crippen molar-refractivity contribution in [1.82, 2.24) is 0 Å². The van der Waals surface area contributed by atoms with E-state index in [4.69, 9.17) is 9.31 Å². The second-order valence-corrected chi connectivity index (χ2v) is 9.77. The molecular formula is C30H30BNO2. The Balaban J connectivity index is 1.51. The van der Waals surface area contributed by atoms with Gasteiger partial charge >= 0.3 is 7.12 Å². The Kier molecular flexibility index (Phi) is 5.80. The maximum absolute atomic E-state index is 6.25. The first-order valence-electron chi connectivity index (χ1n) is 11.8. The van der Waals surface area contributed by atoms with Crippen LogP contribution in [0.4, 0.5) is 17.1 Å². The summed E-state index contributed by atoms with van der Waals surface area (Å²) < 4.78 is 12.5. The van der Waals surface area contributed by atoms with Gasteiger partial charge in [0.15, 0.2) is 0 Å². The minimum atomic E-state index is -0.370. The van der Waals surface area contributed by atoms with E-state index in [2.05, 4.69) is 130 Å². The van der Waals surface area contributed by atoms with Crippen molar-refractivity contribution < 1.29 is 9.31 Å². The van der Waals surface area contributed by atoms with Gasteiger partial charge in [0.1, 0.15) is 0 Å². The van der Waals surface area contributed by atoms with Crippen LogP contribution >= 0.6 is 0 Å². The quantitative estimate of drug-likeness (QED) is 0.304. The van der Waals surface area contributed by atoms with Crippen molar-refractivity contribution in [3.8, 4) is 11.1 Å². The Hall–Kier alpha value is -3.34. The summed E-state index contributed by atoms with van der Waals surface area (Å²) in [7, 11) is -0.370. The lowest BCUT2D eigenvalue weighted by molar-refractivity contribution is 0.00578. The molecule has 0 bridgehead atoms. The van der Waals surface area contributed by atoms with Crippen LogP contribution in [0.15, 0.2) is 109 Å². The van der Waals surface area contributed by atoms with E-state index in [1.165, 1.54) is 11.1 Å². The zero-order valence-electron chi connectivity index (χ0n) is 20.2. The molecule has 4 heteroatoms. The Morgan fingerprint density at radius 3 is 1.65 bits per heavy atom. The summed E-state index contributed by atoms with van der Waals surface area (Å²) in [4.78, 5) is 2.28. The van der Waals surface area contributed by atoms with E-state index in [0.29, 0.717) is 0 Å². The third-order valence-corrected chi connectivity index (χ3v) is 6.90. The third-order valence-electron chi connectivity index (χ3n) is 6.90. The molecule has 1 aliphatic rings. The fourth-order valence-electron chi connectivity index (χ4n) is 4.24. The summed E-state index contributed by atoms with van der Waals surface area (Å²) in [6.07, 6.45) is 0. The average molecular weight is 447 g/mol. The normalized spacial score (nSPS) is 16.4. The molecule has 4 aromatic rings. The molecule has 0 aliphatic carbocycles. The number of nitrogens with zero attached hydrogens (tertiary/aromatic N) is 1. The topological polar surface area (TPSA) is 21.7 Å². The van der Waals surface area contributed by atoms with Crippen LogP contribution in [-0.2, 0) is 9.31 Å². The predicted molar refractivity (Wildman–Crippen MR) is 142 cm³/mol. The second kappa shape index (κ2) is 8.79. The van der Waals surface area contributed by atoms with E-state index in [0.717, 1.165) is 22.5 Å². The minimum absolute atomic E-state index is 0.357. The molecule has 0 N–H and O–H groups in total. The SMILES string of the molecule is CC1(C)OB(c2ccc(N(c3ccccc3)c3cccc(-c4ccccc4)c3)cc2)OC1(C)C. The lowest BCUT2D eigenvalue weighted by Crippen LogP contribution is -2.41. The summed E-state index contributed by atoms with van der Waals surface area (Å²) in [6, 6.07) is 38.1. The molecule has 0 amide bonds. The molecule has 0 aromatic heterocycles. The number of rotatable bonds is 5. The maximum Gasteiger partial charge on any atom is 0.494 e. The summed E-state index contributed by atoms with van der Waals surface area (Å²) >= 11 is 0. The fraction of sp³-hybridized carbons (Fsp3) is 0.200. The van der Waals surface area contributed by atoms with E-state index in [9.17, 15) is 0 Å². The standard InChI is InChI=1S/C30H30BNO2/c1-29(2)30(3,4)34-31(33-29)25-18-20-27(21-19-25)32(26-15-9-6-10-16-26)28-17-11-14-24(22-28)23-12-7-5-8-13-23/h5-22H,1-4H3. The van der Waals surface area contributed by atoms with Gasteiger partial charge in [0, 0.05) is 17.1 Å². The van der Waals surface area contributed by atoms with E-state index in [1.54, 1.807) is 0 Å². The van der Waals surface area contributed by atoms with Gasteiger partial charge in [-0.25, -0.2) is 0 Å². The lowest BCUT2D eigenvalue weighted by atomic mass is 9.79. The molecule has 1 heterocycles. The van der Waals surface area contributed by atoms with Crippen LogP contribution in [0.1, 0.15) is 27.7 Å². The highest BCUT2D eigenvalue weighted by Crippen LogP contribution is 2.38. The Morgan fingerprint density at radius 1 is 0.529 bits per heavy atom. The van der Waals surface area contributed by atoms with Gasteiger partial charge in [-0.2, -0.15) is 0 Å². The van der Waals surface area contributed by atoms with Crippen LogP contribution < -0.4 is 10.4 Å². The molecular weight excluding hydrogens is 417 g/mol. The number of hydrogen-bond acceptors (Lipinski definition) is 3. The Labute approximate surface area is 203 Å². The van der Waals surface area contributed by atoms with Crippen LogP contribution in [0.2, 0.25) is 0 Å². The molecule has 1 aliphatic heterocycles. The second-order valence-electron chi connectivity index (χ2n) is 9.77. The molecule has 1 fully saturated rings. The van der Waals surface area contributed by atoms with Crippen molar-refractivity contribution in [1.29, 1.82) is 0 Å². The van der Waals surface area contributed by atoms with E-state index in [-0.39, 0.29) is 18.3 Å². The van der Waals surface area contributed by atoms with Crippen LogP contribution in [0.5, 0.6) is 0 Å². The molecule has 0 unspecified atom stereocenters. The largest absolute Gasteiger partial charge is 0.494 e. The first-order chi connectivity index (χ1) is 16.3. The summed E-state index contributed by atoms with van der Waals surface area (Å²) in [5, 5.41) is 0. The van der Waals surface area contributed by atoms with Gasteiger partial charge in [0.05, 0.1) is 11.2 Å². The Bertz CT molecular complexity index is 1240. The maximum atomic E-state index is 6.25. The van der Waals surface area contributed by atoms with Crippen molar-refractivity contribution in [3.05, 3.63) is 109 Å². The number of hydrogen-bond donors (Lipinski definition) is 0. The molecule has 34 heavy (non-hydrogen) atoms. The molecule has 5 rings (SSSR count). The van der Waals surface area contributed by atoms with Crippen LogP contribution in [0.25, 0.3) is 11.1 Å². The molecule has 0 saturated carbocycles. The molecule has 3 nitrogen and oxygen atoms in total. The van der Waals surface area contributed by atoms with Gasteiger partial charge in [0.2, 0.25) is 0 Å². The monoisotopic (exact) mass is 447 g/mol. The highest BCUT2D eigenvalue weighted by Gasteiger charge is 2.51. The van der Waals surface area contributed by atoms with Crippen molar-refractivity contribution in [2.24, 2.45) is 0 Å². The molecule has 4 aromatic carbocycles. The third kappa shape index (κ3) is 4.27. The van der Waals surface area contributed by atoms with Crippen LogP contribution in [-0.4, -0.2) is 18.3 Å². The van der Waals surface area contributed by atoms with E-state index in [1.807, 2.05) is 12.1 Å². The van der Waals surface area contributed by atoms with Gasteiger partial charge in [-0.3, -0.25) is 0 Å². The number of para-hydroxylation sites is 1. The Morgan fingerprint density at radius 2 is 1.03 bits per heavy atom. The molecule has 0 atom stereocenters. The van der Waals surface area contributed by atoms with Crippen molar-refractivity contribution in [3.63, 3.8) is 0 Å². The minimum Gasteiger partial charge on any atom is -0.399 e. The smallest absolute Gasteiger partial charge is 0.399 e. The van der Waals surface area contributed by atoms with Crippen molar-refractivity contribution in [2.45, 2.75) is 38.9 Å². The molecule has 1 saturated heterocycles. The summed E-state index contributed by atoms with van der Waals surface area (Å²) in [5.41, 5.74) is 5.99. The fourth-order valence-corrected chi connectivity index (χ4v) is 4.24. The first kappa shape index (κ1) is 22.5. The van der Waals surface area contributed by atoms with Gasteiger partial charge in [-0.05, 0) is 80.7 Å². The van der Waals surface area contributed by atoms with Crippen LogP contribution in [0, 0.1) is 0 Å². The number of anilines is 3. The van der Waals surface area contributed by atoms with Gasteiger partial charge in [-0.1, -0.05) is 72.8 Å². The van der Waals surface area contributed by atoms with Gasteiger partial charge in [-0.15, -0.1) is 0 Å². The lowest BCUT2D eigenvalue weighted by Gasteiger charge is -2.32. The average Bonchev–Trinajstić information content (AvgIpc) is 3.08. The zero-order valence-corrected chi connectivity index (χ0v) is 20.2. The summed E-state index contributed by atoms with van der Waals surface area (Å²) in [5.74, 6) is 0.